The molecule has 0 saturated heterocycles. The minimum absolute atomic E-state index is 0.168. The van der Waals surface area contributed by atoms with Gasteiger partial charge >= 0.3 is 0 Å². The summed E-state index contributed by atoms with van der Waals surface area (Å²) >= 11 is 3.26. The van der Waals surface area contributed by atoms with Gasteiger partial charge in [0.1, 0.15) is 4.60 Å². The summed E-state index contributed by atoms with van der Waals surface area (Å²) in [4.78, 5) is 0. The average molecular weight is 253 g/mol. The van der Waals surface area contributed by atoms with Crippen molar-refractivity contribution in [2.45, 2.75) is 6.54 Å². The zero-order valence-electron chi connectivity index (χ0n) is 7.39. The van der Waals surface area contributed by atoms with Crippen molar-refractivity contribution < 1.29 is 5.11 Å². The average Bonchev–Trinajstić information content (AvgIpc) is 2.52. The molecule has 4 heteroatoms. The van der Waals surface area contributed by atoms with Crippen LogP contribution < -0.4 is 0 Å². The molecule has 0 saturated carbocycles. The predicted octanol–water partition coefficient (Wildman–Crippen LogP) is 2.40. The van der Waals surface area contributed by atoms with Crippen molar-refractivity contribution in [2.24, 2.45) is 0 Å². The molecule has 0 spiro atoms. The highest BCUT2D eigenvalue weighted by atomic mass is 79.9. The monoisotopic (exact) mass is 252 g/mol. The Morgan fingerprint density at radius 2 is 2.00 bits per heavy atom. The quantitative estimate of drug-likeness (QED) is 0.892. The highest BCUT2D eigenvalue weighted by Gasteiger charge is 2.05. The van der Waals surface area contributed by atoms with Crippen molar-refractivity contribution in [3.05, 3.63) is 46.7 Å². The highest BCUT2D eigenvalue weighted by Crippen LogP contribution is 2.22. The van der Waals surface area contributed by atoms with Crippen LogP contribution in [0.4, 0.5) is 0 Å². The van der Waals surface area contributed by atoms with Crippen LogP contribution in [0, 0.1) is 0 Å². The Kier molecular flexibility index (Phi) is 2.54. The molecule has 1 N–H and O–H groups in total. The van der Waals surface area contributed by atoms with Gasteiger partial charge in [0.2, 0.25) is 0 Å². The molecule has 3 nitrogen and oxygen atoms in total. The van der Waals surface area contributed by atoms with Crippen LogP contribution in [0.15, 0.2) is 41.1 Å². The van der Waals surface area contributed by atoms with Gasteiger partial charge in [-0.1, -0.05) is 30.3 Å². The molecule has 2 rings (SSSR count). The van der Waals surface area contributed by atoms with E-state index in [0.717, 1.165) is 5.56 Å². The number of aromatic hydroxyl groups is 1. The van der Waals surface area contributed by atoms with Crippen molar-refractivity contribution in [1.29, 1.82) is 0 Å². The summed E-state index contributed by atoms with van der Waals surface area (Å²) in [6.07, 6.45) is 1.42. The molecule has 0 radical (unpaired) electrons. The summed E-state index contributed by atoms with van der Waals surface area (Å²) in [5.74, 6) is 0.168. The highest BCUT2D eigenvalue weighted by molar-refractivity contribution is 9.10. The van der Waals surface area contributed by atoms with E-state index in [9.17, 15) is 5.11 Å². The van der Waals surface area contributed by atoms with Crippen molar-refractivity contribution in [3.8, 4) is 5.75 Å². The van der Waals surface area contributed by atoms with E-state index in [1.165, 1.54) is 6.20 Å². The fourth-order valence-electron chi connectivity index (χ4n) is 1.23. The van der Waals surface area contributed by atoms with Gasteiger partial charge in [-0.3, -0.25) is 4.68 Å². The topological polar surface area (TPSA) is 38.1 Å². The first kappa shape index (κ1) is 9.27. The smallest absolute Gasteiger partial charge is 0.168 e. The molecule has 0 bridgehead atoms. The molecule has 1 aromatic carbocycles. The number of rotatable bonds is 2. The van der Waals surface area contributed by atoms with Gasteiger partial charge in [-0.2, -0.15) is 5.10 Å². The summed E-state index contributed by atoms with van der Waals surface area (Å²) in [5.41, 5.74) is 1.15. The maximum absolute atomic E-state index is 9.29. The summed E-state index contributed by atoms with van der Waals surface area (Å²) in [5, 5.41) is 13.3. The van der Waals surface area contributed by atoms with Crippen LogP contribution in [0.3, 0.4) is 0 Å². The molecular formula is C10H9BrN2O. The Bertz CT molecular complexity index is 425. The van der Waals surface area contributed by atoms with E-state index in [2.05, 4.69) is 21.0 Å². The molecule has 1 aromatic heterocycles. The van der Waals surface area contributed by atoms with Gasteiger partial charge in [-0.25, -0.2) is 0 Å². The molecule has 0 aliphatic carbocycles. The van der Waals surface area contributed by atoms with Gasteiger partial charge in [0.25, 0.3) is 0 Å². The lowest BCUT2D eigenvalue weighted by atomic mass is 10.2. The Labute approximate surface area is 90.1 Å². The van der Waals surface area contributed by atoms with Gasteiger partial charge in [-0.15, -0.1) is 0 Å². The third kappa shape index (κ3) is 1.80. The molecule has 2 aromatic rings. The Morgan fingerprint density at radius 1 is 1.29 bits per heavy atom. The molecule has 0 aliphatic rings. The standard InChI is InChI=1S/C10H9BrN2O/c11-10-9(14)6-12-13(10)7-8-4-2-1-3-5-8/h1-6,14H,7H2. The number of nitrogens with zero attached hydrogens (tertiary/aromatic N) is 2. The maximum Gasteiger partial charge on any atom is 0.168 e. The molecular weight excluding hydrogens is 244 g/mol. The molecule has 14 heavy (non-hydrogen) atoms. The van der Waals surface area contributed by atoms with Crippen LogP contribution in [0.25, 0.3) is 0 Å². The van der Waals surface area contributed by atoms with E-state index in [0.29, 0.717) is 11.1 Å². The molecule has 72 valence electrons. The van der Waals surface area contributed by atoms with E-state index >= 15 is 0 Å². The van der Waals surface area contributed by atoms with Gasteiger partial charge in [0.05, 0.1) is 12.7 Å². The zero-order chi connectivity index (χ0) is 9.97. The van der Waals surface area contributed by atoms with Gasteiger partial charge in [0, 0.05) is 0 Å². The lowest BCUT2D eigenvalue weighted by molar-refractivity contribution is 0.469. The molecule has 0 unspecified atom stereocenters. The minimum atomic E-state index is 0.168. The van der Waals surface area contributed by atoms with E-state index in [1.54, 1.807) is 4.68 Å². The van der Waals surface area contributed by atoms with Crippen LogP contribution in [0.2, 0.25) is 0 Å². The fraction of sp³-hybridized carbons (Fsp3) is 0.100. The molecule has 1 heterocycles. The summed E-state index contributed by atoms with van der Waals surface area (Å²) < 4.78 is 2.31. The van der Waals surface area contributed by atoms with Crippen molar-refractivity contribution in [1.82, 2.24) is 9.78 Å². The minimum Gasteiger partial charge on any atom is -0.504 e. The van der Waals surface area contributed by atoms with E-state index in [4.69, 9.17) is 0 Å². The maximum atomic E-state index is 9.29. The fourth-order valence-corrected chi connectivity index (χ4v) is 1.55. The van der Waals surface area contributed by atoms with Crippen LogP contribution in [-0.2, 0) is 6.54 Å². The van der Waals surface area contributed by atoms with E-state index < -0.39 is 0 Å². The normalized spacial score (nSPS) is 10.4. The summed E-state index contributed by atoms with van der Waals surface area (Å²) in [6.45, 7) is 0.655. The van der Waals surface area contributed by atoms with Gasteiger partial charge in [-0.05, 0) is 21.5 Å². The second-order valence-electron chi connectivity index (χ2n) is 2.96. The van der Waals surface area contributed by atoms with E-state index in [-0.39, 0.29) is 5.75 Å². The Hall–Kier alpha value is -1.29. The lowest BCUT2D eigenvalue weighted by Crippen LogP contribution is -2.01. The largest absolute Gasteiger partial charge is 0.504 e. The second-order valence-corrected chi connectivity index (χ2v) is 3.72. The van der Waals surface area contributed by atoms with Crippen LogP contribution in [0.1, 0.15) is 5.56 Å². The summed E-state index contributed by atoms with van der Waals surface area (Å²) in [7, 11) is 0. The molecule has 0 atom stereocenters. The third-order valence-electron chi connectivity index (χ3n) is 1.93. The molecule has 0 fully saturated rings. The first-order valence-electron chi connectivity index (χ1n) is 4.21. The summed E-state index contributed by atoms with van der Waals surface area (Å²) in [6, 6.07) is 9.97. The van der Waals surface area contributed by atoms with Gasteiger partial charge in [0.15, 0.2) is 5.75 Å². The van der Waals surface area contributed by atoms with Crippen molar-refractivity contribution in [2.75, 3.05) is 0 Å². The van der Waals surface area contributed by atoms with Gasteiger partial charge < -0.3 is 5.11 Å². The lowest BCUT2D eigenvalue weighted by Gasteiger charge is -2.02. The SMILES string of the molecule is Oc1cnn(Cc2ccccc2)c1Br. The third-order valence-corrected chi connectivity index (χ3v) is 2.75. The van der Waals surface area contributed by atoms with E-state index in [1.807, 2.05) is 30.3 Å². The van der Waals surface area contributed by atoms with Crippen molar-refractivity contribution >= 4 is 15.9 Å². The Balaban J connectivity index is 2.23. The molecule has 0 amide bonds. The number of hydrogen-bond donors (Lipinski definition) is 1. The molecule has 0 aliphatic heterocycles. The van der Waals surface area contributed by atoms with Crippen LogP contribution in [-0.4, -0.2) is 14.9 Å². The first-order chi connectivity index (χ1) is 6.77. The van der Waals surface area contributed by atoms with Crippen molar-refractivity contribution in [3.63, 3.8) is 0 Å². The van der Waals surface area contributed by atoms with Crippen LogP contribution >= 0.6 is 15.9 Å². The zero-order valence-corrected chi connectivity index (χ0v) is 8.98. The number of benzene rings is 1. The Morgan fingerprint density at radius 3 is 2.57 bits per heavy atom. The first-order valence-corrected chi connectivity index (χ1v) is 5.01. The predicted molar refractivity (Wildman–Crippen MR) is 57.1 cm³/mol. The number of halogens is 1. The number of aromatic nitrogens is 2. The number of hydrogen-bond acceptors (Lipinski definition) is 2. The van der Waals surface area contributed by atoms with Crippen LogP contribution in [0.5, 0.6) is 5.75 Å². The second kappa shape index (κ2) is 3.84.